The Bertz CT molecular complexity index is 421. The van der Waals surface area contributed by atoms with Gasteiger partial charge in [0.1, 0.15) is 5.01 Å². The van der Waals surface area contributed by atoms with Crippen LogP contribution in [0.2, 0.25) is 0 Å². The molecule has 0 aromatic carbocycles. The van der Waals surface area contributed by atoms with E-state index < -0.39 is 0 Å². The van der Waals surface area contributed by atoms with Crippen molar-refractivity contribution in [2.45, 2.75) is 51.9 Å². The highest BCUT2D eigenvalue weighted by Crippen LogP contribution is 2.23. The maximum atomic E-state index is 5.82. The van der Waals surface area contributed by atoms with Crippen LogP contribution < -0.4 is 0 Å². The Morgan fingerprint density at radius 2 is 1.91 bits per heavy atom. The number of rotatable bonds is 5. The summed E-state index contributed by atoms with van der Waals surface area (Å²) in [6.07, 6.45) is 6.75. The normalized spacial score (nSPS) is 29.0. The van der Waals surface area contributed by atoms with Crippen molar-refractivity contribution >= 4 is 11.3 Å². The summed E-state index contributed by atoms with van der Waals surface area (Å²) in [5.74, 6) is 0.904. The average Bonchev–Trinajstić information content (AvgIpc) is 2.98. The van der Waals surface area contributed by atoms with E-state index in [-0.39, 0.29) is 0 Å². The number of hydrogen-bond donors (Lipinski definition) is 0. The van der Waals surface area contributed by atoms with E-state index >= 15 is 0 Å². The van der Waals surface area contributed by atoms with Gasteiger partial charge in [-0.1, -0.05) is 0 Å². The first-order chi connectivity index (χ1) is 10.7. The molecule has 1 aromatic heterocycles. The van der Waals surface area contributed by atoms with Gasteiger partial charge in [0.25, 0.3) is 0 Å². The quantitative estimate of drug-likeness (QED) is 0.833. The predicted octanol–water partition coefficient (Wildman–Crippen LogP) is 2.85. The molecule has 2 aliphatic rings. The summed E-state index contributed by atoms with van der Waals surface area (Å²) >= 11 is 1.78. The standard InChI is InChI=1S/C17H29N3OS/c1-14-11-20(12-15(2)21-14)9-5-16-3-7-19(8-4-16)13-17-18-6-10-22-17/h6,10,14-16H,3-5,7-9,11-13H2,1-2H3. The van der Waals surface area contributed by atoms with Crippen LogP contribution in [0.4, 0.5) is 0 Å². The van der Waals surface area contributed by atoms with E-state index in [9.17, 15) is 0 Å². The van der Waals surface area contributed by atoms with Crippen LogP contribution in [-0.4, -0.2) is 59.7 Å². The van der Waals surface area contributed by atoms with Crippen LogP contribution in [0, 0.1) is 5.92 Å². The molecular weight excluding hydrogens is 294 g/mol. The Morgan fingerprint density at radius 3 is 2.55 bits per heavy atom. The molecule has 2 fully saturated rings. The zero-order chi connectivity index (χ0) is 15.4. The van der Waals surface area contributed by atoms with Crippen LogP contribution in [0.1, 0.15) is 38.1 Å². The lowest BCUT2D eigenvalue weighted by molar-refractivity contribution is -0.0693. The minimum Gasteiger partial charge on any atom is -0.373 e. The van der Waals surface area contributed by atoms with Gasteiger partial charge in [0.05, 0.1) is 18.8 Å². The molecule has 2 atom stereocenters. The molecule has 5 heteroatoms. The van der Waals surface area contributed by atoms with E-state index in [1.54, 1.807) is 11.3 Å². The van der Waals surface area contributed by atoms with Gasteiger partial charge in [-0.3, -0.25) is 9.80 Å². The van der Waals surface area contributed by atoms with Crippen molar-refractivity contribution in [2.24, 2.45) is 5.92 Å². The number of nitrogens with zero attached hydrogens (tertiary/aromatic N) is 3. The Labute approximate surface area is 138 Å². The van der Waals surface area contributed by atoms with Crippen LogP contribution in [0.15, 0.2) is 11.6 Å². The molecule has 2 saturated heterocycles. The Balaban J connectivity index is 1.35. The van der Waals surface area contributed by atoms with E-state index in [2.05, 4.69) is 34.0 Å². The van der Waals surface area contributed by atoms with Crippen molar-refractivity contribution in [3.8, 4) is 0 Å². The van der Waals surface area contributed by atoms with Gasteiger partial charge in [-0.2, -0.15) is 0 Å². The highest BCUT2D eigenvalue weighted by atomic mass is 32.1. The van der Waals surface area contributed by atoms with Crippen molar-refractivity contribution < 1.29 is 4.74 Å². The molecule has 0 aliphatic carbocycles. The maximum Gasteiger partial charge on any atom is 0.107 e. The summed E-state index contributed by atoms with van der Waals surface area (Å²) < 4.78 is 5.82. The molecule has 124 valence electrons. The fourth-order valence-corrected chi connectivity index (χ4v) is 4.45. The third kappa shape index (κ3) is 4.75. The topological polar surface area (TPSA) is 28.6 Å². The molecular formula is C17H29N3OS. The Morgan fingerprint density at radius 1 is 1.18 bits per heavy atom. The second kappa shape index (κ2) is 7.86. The van der Waals surface area contributed by atoms with Gasteiger partial charge in [-0.05, 0) is 58.7 Å². The molecule has 0 radical (unpaired) electrons. The van der Waals surface area contributed by atoms with Gasteiger partial charge < -0.3 is 4.74 Å². The van der Waals surface area contributed by atoms with Crippen molar-refractivity contribution in [1.82, 2.24) is 14.8 Å². The summed E-state index contributed by atoms with van der Waals surface area (Å²) in [7, 11) is 0. The van der Waals surface area contributed by atoms with Gasteiger partial charge in [-0.25, -0.2) is 4.98 Å². The number of morpholine rings is 1. The molecule has 3 heterocycles. The van der Waals surface area contributed by atoms with E-state index in [1.807, 2.05) is 6.20 Å². The van der Waals surface area contributed by atoms with Gasteiger partial charge in [0.2, 0.25) is 0 Å². The zero-order valence-corrected chi connectivity index (χ0v) is 14.7. The van der Waals surface area contributed by atoms with Gasteiger partial charge in [0, 0.05) is 24.7 Å². The lowest BCUT2D eigenvalue weighted by Gasteiger charge is -2.37. The third-order valence-electron chi connectivity index (χ3n) is 4.90. The van der Waals surface area contributed by atoms with Crippen LogP contribution in [0.5, 0.6) is 0 Å². The first kappa shape index (κ1) is 16.4. The lowest BCUT2D eigenvalue weighted by atomic mass is 9.93. The molecule has 0 spiro atoms. The summed E-state index contributed by atoms with van der Waals surface area (Å²) in [6, 6.07) is 0. The molecule has 0 N–H and O–H groups in total. The molecule has 2 unspecified atom stereocenters. The molecule has 0 saturated carbocycles. The van der Waals surface area contributed by atoms with E-state index in [1.165, 1.54) is 43.9 Å². The number of aromatic nitrogens is 1. The maximum absolute atomic E-state index is 5.82. The smallest absolute Gasteiger partial charge is 0.107 e. The second-order valence-electron chi connectivity index (χ2n) is 6.95. The largest absolute Gasteiger partial charge is 0.373 e. The summed E-state index contributed by atoms with van der Waals surface area (Å²) in [4.78, 5) is 9.56. The molecule has 1 aromatic rings. The van der Waals surface area contributed by atoms with Crippen molar-refractivity contribution in [2.75, 3.05) is 32.7 Å². The van der Waals surface area contributed by atoms with Gasteiger partial charge >= 0.3 is 0 Å². The number of thiazole rings is 1. The van der Waals surface area contributed by atoms with Crippen molar-refractivity contribution in [3.05, 3.63) is 16.6 Å². The second-order valence-corrected chi connectivity index (χ2v) is 7.93. The third-order valence-corrected chi connectivity index (χ3v) is 5.66. The predicted molar refractivity (Wildman–Crippen MR) is 91.2 cm³/mol. The fourth-order valence-electron chi connectivity index (χ4n) is 3.79. The van der Waals surface area contributed by atoms with Crippen LogP contribution in [0.25, 0.3) is 0 Å². The molecule has 0 bridgehead atoms. The zero-order valence-electron chi connectivity index (χ0n) is 13.9. The Kier molecular flexibility index (Phi) is 5.85. The first-order valence-corrected chi connectivity index (χ1v) is 9.55. The monoisotopic (exact) mass is 323 g/mol. The SMILES string of the molecule is CC1CN(CCC2CCN(Cc3nccs3)CC2)CC(C)O1. The molecule has 0 amide bonds. The number of hydrogen-bond acceptors (Lipinski definition) is 5. The molecule has 22 heavy (non-hydrogen) atoms. The molecule has 4 nitrogen and oxygen atoms in total. The highest BCUT2D eigenvalue weighted by molar-refractivity contribution is 7.09. The summed E-state index contributed by atoms with van der Waals surface area (Å²) in [6.45, 7) is 11.4. The number of likely N-dealkylation sites (tertiary alicyclic amines) is 1. The van der Waals surface area contributed by atoms with Gasteiger partial charge in [-0.15, -0.1) is 11.3 Å². The minimum atomic E-state index is 0.392. The highest BCUT2D eigenvalue weighted by Gasteiger charge is 2.24. The average molecular weight is 324 g/mol. The van der Waals surface area contributed by atoms with E-state index in [0.29, 0.717) is 12.2 Å². The fraction of sp³-hybridized carbons (Fsp3) is 0.824. The number of ether oxygens (including phenoxy) is 1. The van der Waals surface area contributed by atoms with E-state index in [0.717, 1.165) is 25.6 Å². The molecule has 2 aliphatic heterocycles. The summed E-state index contributed by atoms with van der Waals surface area (Å²) in [5.41, 5.74) is 0. The van der Waals surface area contributed by atoms with Crippen molar-refractivity contribution in [1.29, 1.82) is 0 Å². The Hall–Kier alpha value is -0.490. The first-order valence-electron chi connectivity index (χ1n) is 8.67. The van der Waals surface area contributed by atoms with Gasteiger partial charge in [0.15, 0.2) is 0 Å². The van der Waals surface area contributed by atoms with Crippen LogP contribution in [-0.2, 0) is 11.3 Å². The number of piperidine rings is 1. The summed E-state index contributed by atoms with van der Waals surface area (Å²) in [5, 5.41) is 3.33. The lowest BCUT2D eigenvalue weighted by Crippen LogP contribution is -2.46. The molecule has 3 rings (SSSR count). The van der Waals surface area contributed by atoms with E-state index in [4.69, 9.17) is 4.74 Å². The van der Waals surface area contributed by atoms with Crippen LogP contribution in [0.3, 0.4) is 0 Å². The van der Waals surface area contributed by atoms with Crippen molar-refractivity contribution in [3.63, 3.8) is 0 Å². The van der Waals surface area contributed by atoms with Crippen LogP contribution >= 0.6 is 11.3 Å². The minimum absolute atomic E-state index is 0.392.